The average molecular weight is 291 g/mol. The van der Waals surface area contributed by atoms with E-state index in [1.165, 1.54) is 5.01 Å². The Morgan fingerprint density at radius 2 is 2.20 bits per heavy atom. The highest BCUT2D eigenvalue weighted by Crippen LogP contribution is 2.15. The number of ether oxygens (including phenoxy) is 1. The van der Waals surface area contributed by atoms with Gasteiger partial charge in [-0.15, -0.1) is 11.3 Å². The number of thiazole rings is 1. The quantitative estimate of drug-likeness (QED) is 0.852. The fraction of sp³-hybridized carbons (Fsp3) is 0.467. The van der Waals surface area contributed by atoms with Crippen molar-refractivity contribution in [3.8, 4) is 5.75 Å². The molecule has 2 aromatic heterocycles. The molecule has 0 aliphatic carbocycles. The number of aromatic nitrogens is 2. The molecule has 5 heteroatoms. The summed E-state index contributed by atoms with van der Waals surface area (Å²) in [5.41, 5.74) is 7.72. The molecule has 0 aliphatic rings. The maximum absolute atomic E-state index is 5.75. The fourth-order valence-electron chi connectivity index (χ4n) is 1.85. The van der Waals surface area contributed by atoms with Gasteiger partial charge in [0.2, 0.25) is 0 Å². The molecule has 2 heterocycles. The third-order valence-corrected chi connectivity index (χ3v) is 3.74. The minimum Gasteiger partial charge on any atom is -0.486 e. The van der Waals surface area contributed by atoms with Gasteiger partial charge in [0.15, 0.2) is 0 Å². The molecule has 0 bridgehead atoms. The molecule has 0 amide bonds. The number of rotatable bonds is 7. The number of nitrogens with zero attached hydrogens (tertiary/aromatic N) is 2. The second kappa shape index (κ2) is 7.36. The normalized spacial score (nSPS) is 12.3. The van der Waals surface area contributed by atoms with Gasteiger partial charge in [-0.05, 0) is 31.9 Å². The first kappa shape index (κ1) is 14.9. The van der Waals surface area contributed by atoms with E-state index in [9.17, 15) is 0 Å². The maximum Gasteiger partial charge on any atom is 0.138 e. The Bertz CT molecular complexity index is 522. The second-order valence-corrected chi connectivity index (χ2v) is 5.88. The Kier molecular flexibility index (Phi) is 5.49. The van der Waals surface area contributed by atoms with Crippen LogP contribution < -0.4 is 10.5 Å². The molecule has 1 unspecified atom stereocenters. The third kappa shape index (κ3) is 4.58. The van der Waals surface area contributed by atoms with Crippen LogP contribution in [0.3, 0.4) is 0 Å². The fourth-order valence-corrected chi connectivity index (χ4v) is 2.73. The predicted molar refractivity (Wildman–Crippen MR) is 82.0 cm³/mol. The van der Waals surface area contributed by atoms with Crippen molar-refractivity contribution < 1.29 is 4.74 Å². The van der Waals surface area contributed by atoms with Crippen LogP contribution in [-0.2, 0) is 19.4 Å². The van der Waals surface area contributed by atoms with E-state index in [1.807, 2.05) is 19.1 Å². The first-order chi connectivity index (χ1) is 9.67. The number of hydrogen-bond donors (Lipinski definition) is 1. The highest BCUT2D eigenvalue weighted by molar-refractivity contribution is 7.09. The van der Waals surface area contributed by atoms with Crippen LogP contribution in [0.1, 0.15) is 36.7 Å². The largest absolute Gasteiger partial charge is 0.486 e. The van der Waals surface area contributed by atoms with Gasteiger partial charge in [-0.2, -0.15) is 0 Å². The molecule has 0 saturated carbocycles. The molecule has 1 atom stereocenters. The summed E-state index contributed by atoms with van der Waals surface area (Å²) in [7, 11) is 0. The Labute approximate surface area is 124 Å². The Balaban J connectivity index is 1.86. The summed E-state index contributed by atoms with van der Waals surface area (Å²) in [6.45, 7) is 4.63. The molecule has 0 radical (unpaired) electrons. The first-order valence-electron chi connectivity index (χ1n) is 6.94. The van der Waals surface area contributed by atoms with Gasteiger partial charge >= 0.3 is 0 Å². The Morgan fingerprint density at radius 3 is 2.85 bits per heavy atom. The minimum atomic E-state index is 0.126. The van der Waals surface area contributed by atoms with E-state index >= 15 is 0 Å². The number of pyridine rings is 1. The zero-order valence-electron chi connectivity index (χ0n) is 12.0. The minimum absolute atomic E-state index is 0.126. The van der Waals surface area contributed by atoms with Gasteiger partial charge in [0.1, 0.15) is 12.4 Å². The van der Waals surface area contributed by atoms with Crippen LogP contribution in [0.4, 0.5) is 0 Å². The van der Waals surface area contributed by atoms with E-state index in [4.69, 9.17) is 10.5 Å². The van der Waals surface area contributed by atoms with Gasteiger partial charge in [-0.1, -0.05) is 6.92 Å². The van der Waals surface area contributed by atoms with Crippen molar-refractivity contribution in [2.24, 2.45) is 5.73 Å². The molecule has 0 saturated heterocycles. The van der Waals surface area contributed by atoms with E-state index in [0.717, 1.165) is 36.4 Å². The zero-order chi connectivity index (χ0) is 14.4. The van der Waals surface area contributed by atoms with Gasteiger partial charge in [0, 0.05) is 23.5 Å². The van der Waals surface area contributed by atoms with Crippen LogP contribution in [0.5, 0.6) is 5.75 Å². The summed E-state index contributed by atoms with van der Waals surface area (Å²) >= 11 is 1.70. The highest BCUT2D eigenvalue weighted by atomic mass is 32.1. The van der Waals surface area contributed by atoms with E-state index in [2.05, 4.69) is 22.3 Å². The van der Waals surface area contributed by atoms with Crippen molar-refractivity contribution in [2.45, 2.75) is 45.8 Å². The lowest BCUT2D eigenvalue weighted by Crippen LogP contribution is -2.18. The lowest BCUT2D eigenvalue weighted by molar-refractivity contribution is 0.300. The molecule has 0 spiro atoms. The monoisotopic (exact) mass is 291 g/mol. The molecule has 20 heavy (non-hydrogen) atoms. The molecule has 0 aliphatic heterocycles. The van der Waals surface area contributed by atoms with E-state index < -0.39 is 0 Å². The maximum atomic E-state index is 5.75. The van der Waals surface area contributed by atoms with E-state index in [0.29, 0.717) is 6.61 Å². The summed E-state index contributed by atoms with van der Waals surface area (Å²) < 4.78 is 5.69. The topological polar surface area (TPSA) is 61.0 Å². The number of nitrogens with two attached hydrogens (primary N) is 1. The Morgan fingerprint density at radius 1 is 1.35 bits per heavy atom. The van der Waals surface area contributed by atoms with E-state index in [-0.39, 0.29) is 6.04 Å². The standard InChI is InChI=1S/C15H21N3OS/c1-3-4-15-18-13(10-20-15)9-19-14-6-5-12(17-8-14)7-11(2)16/h5-6,8,10-11H,3-4,7,9,16H2,1-2H3. The van der Waals surface area contributed by atoms with Crippen LogP contribution in [0.15, 0.2) is 23.7 Å². The van der Waals surface area contributed by atoms with Crippen molar-refractivity contribution in [2.75, 3.05) is 0 Å². The summed E-state index contributed by atoms with van der Waals surface area (Å²) in [4.78, 5) is 8.87. The van der Waals surface area contributed by atoms with Gasteiger partial charge in [-0.25, -0.2) is 4.98 Å². The first-order valence-corrected chi connectivity index (χ1v) is 7.82. The lowest BCUT2D eigenvalue weighted by atomic mass is 10.2. The molecule has 2 rings (SSSR count). The lowest BCUT2D eigenvalue weighted by Gasteiger charge is -2.06. The number of aryl methyl sites for hydroxylation is 1. The second-order valence-electron chi connectivity index (χ2n) is 4.94. The van der Waals surface area contributed by atoms with Crippen molar-refractivity contribution >= 4 is 11.3 Å². The van der Waals surface area contributed by atoms with Gasteiger partial charge in [-0.3, -0.25) is 4.98 Å². The predicted octanol–water partition coefficient (Wildman–Crippen LogP) is 2.96. The van der Waals surface area contributed by atoms with Crippen LogP contribution in [0.25, 0.3) is 0 Å². The summed E-state index contributed by atoms with van der Waals surface area (Å²) in [5, 5.41) is 3.24. The van der Waals surface area contributed by atoms with Crippen molar-refractivity contribution in [1.29, 1.82) is 0 Å². The van der Waals surface area contributed by atoms with Crippen molar-refractivity contribution in [1.82, 2.24) is 9.97 Å². The molecule has 4 nitrogen and oxygen atoms in total. The molecule has 108 valence electrons. The van der Waals surface area contributed by atoms with E-state index in [1.54, 1.807) is 17.5 Å². The summed E-state index contributed by atoms with van der Waals surface area (Å²) in [6.07, 6.45) is 4.70. The van der Waals surface area contributed by atoms with Crippen LogP contribution >= 0.6 is 11.3 Å². The van der Waals surface area contributed by atoms with Gasteiger partial charge in [0.05, 0.1) is 16.9 Å². The SMILES string of the molecule is CCCc1nc(COc2ccc(CC(C)N)nc2)cs1. The molecule has 0 fully saturated rings. The van der Waals surface area contributed by atoms with Crippen molar-refractivity contribution in [3.05, 3.63) is 40.1 Å². The third-order valence-electron chi connectivity index (χ3n) is 2.78. The van der Waals surface area contributed by atoms with Crippen molar-refractivity contribution in [3.63, 3.8) is 0 Å². The molecular weight excluding hydrogens is 270 g/mol. The highest BCUT2D eigenvalue weighted by Gasteiger charge is 2.04. The summed E-state index contributed by atoms with van der Waals surface area (Å²) in [6, 6.07) is 4.02. The van der Waals surface area contributed by atoms with Crippen LogP contribution in [0, 0.1) is 0 Å². The zero-order valence-corrected chi connectivity index (χ0v) is 12.8. The van der Waals surface area contributed by atoms with Crippen LogP contribution in [-0.4, -0.2) is 16.0 Å². The molecule has 2 aromatic rings. The molecule has 0 aromatic carbocycles. The smallest absolute Gasteiger partial charge is 0.138 e. The number of hydrogen-bond acceptors (Lipinski definition) is 5. The van der Waals surface area contributed by atoms with Gasteiger partial charge < -0.3 is 10.5 Å². The average Bonchev–Trinajstić information content (AvgIpc) is 2.86. The summed E-state index contributed by atoms with van der Waals surface area (Å²) in [5.74, 6) is 0.767. The Hall–Kier alpha value is -1.46. The molecule has 2 N–H and O–H groups in total. The molecular formula is C15H21N3OS. The van der Waals surface area contributed by atoms with Gasteiger partial charge in [0.25, 0.3) is 0 Å². The van der Waals surface area contributed by atoms with Crippen LogP contribution in [0.2, 0.25) is 0 Å².